The van der Waals surface area contributed by atoms with Crippen molar-refractivity contribution >= 4 is 22.0 Å². The van der Waals surface area contributed by atoms with Crippen LogP contribution < -0.4 is 15.2 Å². The fourth-order valence-electron chi connectivity index (χ4n) is 2.14. The first-order chi connectivity index (χ1) is 8.85. The molecule has 1 atom stereocenters. The summed E-state index contributed by atoms with van der Waals surface area (Å²) in [5, 5.41) is 0. The number of carbonyl (C=O) groups excluding carboxylic acids is 1. The van der Waals surface area contributed by atoms with E-state index in [0.29, 0.717) is 18.1 Å². The van der Waals surface area contributed by atoms with Crippen LogP contribution >= 0.6 is 15.9 Å². The Kier molecular flexibility index (Phi) is 3.62. The van der Waals surface area contributed by atoms with Crippen LogP contribution in [0.1, 0.15) is 25.5 Å². The third-order valence-electron chi connectivity index (χ3n) is 3.11. The van der Waals surface area contributed by atoms with Gasteiger partial charge in [-0.2, -0.15) is 0 Å². The van der Waals surface area contributed by atoms with Crippen LogP contribution in [0.4, 0.5) is 4.79 Å². The van der Waals surface area contributed by atoms with Gasteiger partial charge in [-0.1, -0.05) is 13.8 Å². The first kappa shape index (κ1) is 14.0. The minimum Gasteiger partial charge on any atom is -0.496 e. The Labute approximate surface area is 120 Å². The lowest BCUT2D eigenvalue weighted by Crippen LogP contribution is -2.37. The summed E-state index contributed by atoms with van der Waals surface area (Å²) in [5.74, 6) is 1.32. The number of carbonyl (C=O) groups is 1. The van der Waals surface area contributed by atoms with E-state index in [2.05, 4.69) is 15.9 Å². The number of fused-ring (bicyclic) bond motifs is 1. The zero-order valence-corrected chi connectivity index (χ0v) is 12.6. The lowest BCUT2D eigenvalue weighted by molar-refractivity contribution is -0.0178. The van der Waals surface area contributed by atoms with Crippen LogP contribution in [0.3, 0.4) is 0 Å². The molecule has 5 nitrogen and oxygen atoms in total. The van der Waals surface area contributed by atoms with E-state index >= 15 is 0 Å². The van der Waals surface area contributed by atoms with Crippen LogP contribution in [0, 0.1) is 5.41 Å². The number of methoxy groups -OCH3 is 1. The molecular formula is C13H16BrNO4. The highest BCUT2D eigenvalue weighted by atomic mass is 79.9. The zero-order chi connectivity index (χ0) is 14.2. The van der Waals surface area contributed by atoms with Crippen molar-refractivity contribution in [2.75, 3.05) is 13.7 Å². The number of hydrogen-bond acceptors (Lipinski definition) is 4. The standard InChI is InChI=1S/C13H16BrNO4/c1-13(2)6-18-9-5-8(14)10(17-3)4-7(9)11(13)19-12(15)16/h4-5,11H,6H2,1-3H3,(H2,15,16). The molecule has 1 aliphatic heterocycles. The van der Waals surface area contributed by atoms with Crippen molar-refractivity contribution in [1.29, 1.82) is 0 Å². The van der Waals surface area contributed by atoms with Crippen molar-refractivity contribution < 1.29 is 19.0 Å². The van der Waals surface area contributed by atoms with Crippen LogP contribution in [-0.4, -0.2) is 19.8 Å². The van der Waals surface area contributed by atoms with E-state index in [1.807, 2.05) is 13.8 Å². The van der Waals surface area contributed by atoms with E-state index in [9.17, 15) is 4.79 Å². The van der Waals surface area contributed by atoms with Gasteiger partial charge >= 0.3 is 6.09 Å². The summed E-state index contributed by atoms with van der Waals surface area (Å²) in [6.07, 6.45) is -1.26. The Morgan fingerprint density at radius 1 is 1.53 bits per heavy atom. The molecule has 6 heteroatoms. The number of halogens is 1. The molecule has 1 amide bonds. The molecule has 104 valence electrons. The zero-order valence-electron chi connectivity index (χ0n) is 11.0. The summed E-state index contributed by atoms with van der Waals surface area (Å²) in [6, 6.07) is 3.61. The van der Waals surface area contributed by atoms with Gasteiger partial charge in [0.2, 0.25) is 0 Å². The van der Waals surface area contributed by atoms with Crippen LogP contribution in [0.25, 0.3) is 0 Å². The summed E-state index contributed by atoms with van der Waals surface area (Å²) in [5.41, 5.74) is 5.56. The van der Waals surface area contributed by atoms with Gasteiger partial charge < -0.3 is 19.9 Å². The number of rotatable bonds is 2. The van der Waals surface area contributed by atoms with E-state index in [1.54, 1.807) is 19.2 Å². The van der Waals surface area contributed by atoms with E-state index in [1.165, 1.54) is 0 Å². The van der Waals surface area contributed by atoms with Crippen molar-refractivity contribution in [2.45, 2.75) is 20.0 Å². The molecule has 2 N–H and O–H groups in total. The molecule has 19 heavy (non-hydrogen) atoms. The number of benzene rings is 1. The molecule has 0 aliphatic carbocycles. The third kappa shape index (κ3) is 2.63. The molecule has 0 spiro atoms. The van der Waals surface area contributed by atoms with Crippen LogP contribution in [0.2, 0.25) is 0 Å². The van der Waals surface area contributed by atoms with Gasteiger partial charge in [-0.25, -0.2) is 4.79 Å². The van der Waals surface area contributed by atoms with Crippen molar-refractivity contribution in [2.24, 2.45) is 11.1 Å². The molecule has 0 bridgehead atoms. The van der Waals surface area contributed by atoms with Gasteiger partial charge in [-0.15, -0.1) is 0 Å². The molecule has 1 aromatic rings. The molecule has 0 saturated heterocycles. The summed E-state index contributed by atoms with van der Waals surface area (Å²) in [7, 11) is 1.57. The van der Waals surface area contributed by atoms with E-state index in [0.717, 1.165) is 10.0 Å². The lowest BCUT2D eigenvalue weighted by Gasteiger charge is -2.38. The lowest BCUT2D eigenvalue weighted by atomic mass is 9.81. The van der Waals surface area contributed by atoms with Crippen LogP contribution in [0.15, 0.2) is 16.6 Å². The van der Waals surface area contributed by atoms with Gasteiger partial charge in [-0.3, -0.25) is 0 Å². The maximum absolute atomic E-state index is 11.1. The topological polar surface area (TPSA) is 70.8 Å². The Hall–Kier alpha value is -1.43. The molecule has 0 radical (unpaired) electrons. The minimum atomic E-state index is -0.798. The fourth-order valence-corrected chi connectivity index (χ4v) is 2.62. The maximum atomic E-state index is 11.1. The monoisotopic (exact) mass is 329 g/mol. The molecule has 1 unspecified atom stereocenters. The van der Waals surface area contributed by atoms with Crippen molar-refractivity contribution in [3.63, 3.8) is 0 Å². The van der Waals surface area contributed by atoms with Crippen molar-refractivity contribution in [3.8, 4) is 11.5 Å². The first-order valence-electron chi connectivity index (χ1n) is 5.81. The molecule has 2 rings (SSSR count). The average molecular weight is 330 g/mol. The fraction of sp³-hybridized carbons (Fsp3) is 0.462. The number of nitrogens with two attached hydrogens (primary N) is 1. The van der Waals surface area contributed by atoms with Crippen molar-refractivity contribution in [3.05, 3.63) is 22.2 Å². The van der Waals surface area contributed by atoms with Gasteiger partial charge in [0, 0.05) is 11.0 Å². The summed E-state index contributed by atoms with van der Waals surface area (Å²) < 4.78 is 17.0. The Morgan fingerprint density at radius 3 is 2.79 bits per heavy atom. The van der Waals surface area contributed by atoms with E-state index in [-0.39, 0.29) is 5.41 Å². The molecule has 1 aliphatic rings. The average Bonchev–Trinajstić information content (AvgIpc) is 2.32. The van der Waals surface area contributed by atoms with Gasteiger partial charge in [-0.05, 0) is 28.1 Å². The second-order valence-electron chi connectivity index (χ2n) is 5.12. The highest BCUT2D eigenvalue weighted by Gasteiger charge is 2.40. The molecule has 1 heterocycles. The molecular weight excluding hydrogens is 314 g/mol. The smallest absolute Gasteiger partial charge is 0.405 e. The minimum absolute atomic E-state index is 0.360. The van der Waals surface area contributed by atoms with E-state index in [4.69, 9.17) is 19.9 Å². The molecule has 0 fully saturated rings. The number of ether oxygens (including phenoxy) is 3. The Bertz CT molecular complexity index is 516. The Balaban J connectivity index is 2.51. The third-order valence-corrected chi connectivity index (χ3v) is 3.73. The second kappa shape index (κ2) is 4.92. The number of amides is 1. The van der Waals surface area contributed by atoms with Crippen LogP contribution in [-0.2, 0) is 4.74 Å². The molecule has 0 saturated carbocycles. The van der Waals surface area contributed by atoms with Gasteiger partial charge in [0.1, 0.15) is 17.6 Å². The Morgan fingerprint density at radius 2 is 2.21 bits per heavy atom. The molecule has 1 aromatic carbocycles. The van der Waals surface area contributed by atoms with Crippen molar-refractivity contribution in [1.82, 2.24) is 0 Å². The molecule has 0 aromatic heterocycles. The quantitative estimate of drug-likeness (QED) is 0.905. The van der Waals surface area contributed by atoms with Gasteiger partial charge in [0.15, 0.2) is 0 Å². The second-order valence-corrected chi connectivity index (χ2v) is 5.97. The predicted octanol–water partition coefficient (Wildman–Crippen LogP) is 3.01. The SMILES string of the molecule is COc1cc2c(cc1Br)OCC(C)(C)C2OC(N)=O. The van der Waals surface area contributed by atoms with Crippen LogP contribution in [0.5, 0.6) is 11.5 Å². The number of primary amides is 1. The van der Waals surface area contributed by atoms with Gasteiger partial charge in [0.05, 0.1) is 18.2 Å². The first-order valence-corrected chi connectivity index (χ1v) is 6.61. The normalized spacial score (nSPS) is 20.1. The summed E-state index contributed by atoms with van der Waals surface area (Å²) in [4.78, 5) is 11.1. The largest absolute Gasteiger partial charge is 0.496 e. The number of hydrogen-bond donors (Lipinski definition) is 1. The highest BCUT2D eigenvalue weighted by Crippen LogP contribution is 2.47. The predicted molar refractivity (Wildman–Crippen MR) is 73.4 cm³/mol. The summed E-state index contributed by atoms with van der Waals surface area (Å²) >= 11 is 3.40. The maximum Gasteiger partial charge on any atom is 0.405 e. The summed E-state index contributed by atoms with van der Waals surface area (Å²) in [6.45, 7) is 4.35. The van der Waals surface area contributed by atoms with Gasteiger partial charge in [0.25, 0.3) is 0 Å². The highest BCUT2D eigenvalue weighted by molar-refractivity contribution is 9.10. The van der Waals surface area contributed by atoms with E-state index < -0.39 is 12.2 Å².